The molecule has 2 rings (SSSR count). The molecule has 0 radical (unpaired) electrons. The third kappa shape index (κ3) is 2.27. The van der Waals surface area contributed by atoms with Gasteiger partial charge < -0.3 is 10.3 Å². The Labute approximate surface area is 99.6 Å². The number of halogens is 1. The Kier molecular flexibility index (Phi) is 3.18. The summed E-state index contributed by atoms with van der Waals surface area (Å²) >= 11 is 4.97. The Morgan fingerprint density at radius 3 is 2.93 bits per heavy atom. The standard InChI is InChI=1S/C9H10BrN3OS/c1-2-7-12-9(13-14-7)8(11)5-3-4-6(10)15-5/h3-4,8H,2,11H2,1H3. The molecule has 0 aromatic carbocycles. The van der Waals surface area contributed by atoms with Crippen molar-refractivity contribution in [3.63, 3.8) is 0 Å². The zero-order valence-electron chi connectivity index (χ0n) is 8.11. The van der Waals surface area contributed by atoms with E-state index in [1.165, 1.54) is 0 Å². The number of aryl methyl sites for hydroxylation is 1. The Hall–Kier alpha value is -0.720. The molecule has 0 aliphatic carbocycles. The zero-order valence-corrected chi connectivity index (χ0v) is 10.5. The average molecular weight is 288 g/mol. The maximum atomic E-state index is 6.00. The number of thiophene rings is 1. The van der Waals surface area contributed by atoms with Gasteiger partial charge in [-0.25, -0.2) is 0 Å². The van der Waals surface area contributed by atoms with Crippen LogP contribution in [0.3, 0.4) is 0 Å². The highest BCUT2D eigenvalue weighted by Gasteiger charge is 2.17. The number of nitrogens with zero attached hydrogens (tertiary/aromatic N) is 2. The van der Waals surface area contributed by atoms with Crippen LogP contribution in [0, 0.1) is 0 Å². The summed E-state index contributed by atoms with van der Waals surface area (Å²) < 4.78 is 6.06. The van der Waals surface area contributed by atoms with Crippen LogP contribution in [0.15, 0.2) is 20.4 Å². The van der Waals surface area contributed by atoms with E-state index in [2.05, 4.69) is 26.1 Å². The van der Waals surface area contributed by atoms with Crippen molar-refractivity contribution < 1.29 is 4.52 Å². The van der Waals surface area contributed by atoms with E-state index in [-0.39, 0.29) is 6.04 Å². The van der Waals surface area contributed by atoms with Crippen LogP contribution < -0.4 is 5.73 Å². The highest BCUT2D eigenvalue weighted by Crippen LogP contribution is 2.28. The lowest BCUT2D eigenvalue weighted by atomic mass is 10.2. The van der Waals surface area contributed by atoms with Gasteiger partial charge in [-0.2, -0.15) is 4.98 Å². The number of hydrogen-bond donors (Lipinski definition) is 1. The van der Waals surface area contributed by atoms with E-state index in [0.717, 1.165) is 15.1 Å². The summed E-state index contributed by atoms with van der Waals surface area (Å²) in [6.07, 6.45) is 0.730. The number of aromatic nitrogens is 2. The molecule has 0 fully saturated rings. The van der Waals surface area contributed by atoms with Crippen molar-refractivity contribution in [1.82, 2.24) is 10.1 Å². The molecule has 1 unspecified atom stereocenters. The van der Waals surface area contributed by atoms with Gasteiger partial charge in [0.25, 0.3) is 0 Å². The van der Waals surface area contributed by atoms with Crippen LogP contribution in [0.5, 0.6) is 0 Å². The highest BCUT2D eigenvalue weighted by molar-refractivity contribution is 9.11. The first-order chi connectivity index (χ1) is 7.20. The van der Waals surface area contributed by atoms with Gasteiger partial charge in [-0.1, -0.05) is 12.1 Å². The van der Waals surface area contributed by atoms with Gasteiger partial charge in [0.15, 0.2) is 5.82 Å². The minimum Gasteiger partial charge on any atom is -0.339 e. The van der Waals surface area contributed by atoms with Crippen molar-refractivity contribution in [2.45, 2.75) is 19.4 Å². The van der Waals surface area contributed by atoms with Gasteiger partial charge in [-0.3, -0.25) is 0 Å². The summed E-state index contributed by atoms with van der Waals surface area (Å²) in [6.45, 7) is 1.96. The molecule has 0 amide bonds. The van der Waals surface area contributed by atoms with Crippen LogP contribution in [0.25, 0.3) is 0 Å². The van der Waals surface area contributed by atoms with Gasteiger partial charge in [-0.05, 0) is 28.1 Å². The predicted molar refractivity (Wildman–Crippen MR) is 61.7 cm³/mol. The van der Waals surface area contributed by atoms with Crippen molar-refractivity contribution in [2.75, 3.05) is 0 Å². The summed E-state index contributed by atoms with van der Waals surface area (Å²) in [7, 11) is 0. The first-order valence-electron chi connectivity index (χ1n) is 4.54. The Bertz CT molecular complexity index is 454. The first-order valence-corrected chi connectivity index (χ1v) is 6.15. The molecular weight excluding hydrogens is 278 g/mol. The molecule has 0 saturated carbocycles. The van der Waals surface area contributed by atoms with E-state index in [0.29, 0.717) is 11.7 Å². The van der Waals surface area contributed by atoms with E-state index in [4.69, 9.17) is 10.3 Å². The van der Waals surface area contributed by atoms with E-state index < -0.39 is 0 Å². The van der Waals surface area contributed by atoms with Crippen LogP contribution >= 0.6 is 27.3 Å². The SMILES string of the molecule is CCc1nc(C(N)c2ccc(Br)s2)no1. The monoisotopic (exact) mass is 287 g/mol. The smallest absolute Gasteiger partial charge is 0.226 e. The van der Waals surface area contributed by atoms with E-state index >= 15 is 0 Å². The molecule has 0 spiro atoms. The first kappa shape index (κ1) is 10.8. The Balaban J connectivity index is 2.23. The fraction of sp³-hybridized carbons (Fsp3) is 0.333. The summed E-state index contributed by atoms with van der Waals surface area (Å²) in [5.74, 6) is 1.16. The third-order valence-electron chi connectivity index (χ3n) is 1.96. The minimum absolute atomic E-state index is 0.301. The predicted octanol–water partition coefficient (Wildman–Crippen LogP) is 2.50. The van der Waals surface area contributed by atoms with Gasteiger partial charge in [0.1, 0.15) is 6.04 Å². The second kappa shape index (κ2) is 4.42. The molecule has 1 atom stereocenters. The molecule has 0 aliphatic rings. The minimum atomic E-state index is -0.301. The lowest BCUT2D eigenvalue weighted by Crippen LogP contribution is -2.11. The van der Waals surface area contributed by atoms with E-state index in [9.17, 15) is 0 Å². The normalized spacial score (nSPS) is 13.0. The van der Waals surface area contributed by atoms with Crippen LogP contribution in [-0.2, 0) is 6.42 Å². The van der Waals surface area contributed by atoms with Gasteiger partial charge in [-0.15, -0.1) is 11.3 Å². The topological polar surface area (TPSA) is 64.9 Å². The fourth-order valence-electron chi connectivity index (χ4n) is 1.16. The Morgan fingerprint density at radius 1 is 1.60 bits per heavy atom. The Morgan fingerprint density at radius 2 is 2.40 bits per heavy atom. The van der Waals surface area contributed by atoms with Crippen LogP contribution in [-0.4, -0.2) is 10.1 Å². The molecule has 0 saturated heterocycles. The van der Waals surface area contributed by atoms with Gasteiger partial charge in [0.2, 0.25) is 5.89 Å². The van der Waals surface area contributed by atoms with Gasteiger partial charge >= 0.3 is 0 Å². The summed E-state index contributed by atoms with van der Waals surface area (Å²) in [5, 5.41) is 3.85. The van der Waals surface area contributed by atoms with Crippen molar-refractivity contribution in [3.05, 3.63) is 32.5 Å². The number of nitrogens with two attached hydrogens (primary N) is 1. The van der Waals surface area contributed by atoms with Crippen LogP contribution in [0.2, 0.25) is 0 Å². The lowest BCUT2D eigenvalue weighted by Gasteiger charge is -2.01. The lowest BCUT2D eigenvalue weighted by molar-refractivity contribution is 0.375. The van der Waals surface area contributed by atoms with Crippen LogP contribution in [0.1, 0.15) is 29.6 Å². The number of rotatable bonds is 3. The average Bonchev–Trinajstić information content (AvgIpc) is 2.84. The van der Waals surface area contributed by atoms with Crippen molar-refractivity contribution in [3.8, 4) is 0 Å². The molecule has 2 N–H and O–H groups in total. The maximum Gasteiger partial charge on any atom is 0.226 e. The summed E-state index contributed by atoms with van der Waals surface area (Å²) in [6, 6.07) is 3.62. The van der Waals surface area contributed by atoms with Crippen molar-refractivity contribution in [1.29, 1.82) is 0 Å². The molecule has 80 valence electrons. The fourth-order valence-corrected chi connectivity index (χ4v) is 2.58. The molecule has 4 nitrogen and oxygen atoms in total. The van der Waals surface area contributed by atoms with Gasteiger partial charge in [0, 0.05) is 11.3 Å². The quantitative estimate of drug-likeness (QED) is 0.942. The molecule has 15 heavy (non-hydrogen) atoms. The molecule has 2 aromatic rings. The summed E-state index contributed by atoms with van der Waals surface area (Å²) in [5.41, 5.74) is 6.00. The third-order valence-corrected chi connectivity index (χ3v) is 3.67. The zero-order chi connectivity index (χ0) is 10.8. The highest BCUT2D eigenvalue weighted by atomic mass is 79.9. The molecule has 6 heteroatoms. The van der Waals surface area contributed by atoms with Crippen molar-refractivity contribution >= 4 is 27.3 Å². The second-order valence-electron chi connectivity index (χ2n) is 3.02. The molecule has 2 heterocycles. The van der Waals surface area contributed by atoms with Crippen LogP contribution in [0.4, 0.5) is 0 Å². The second-order valence-corrected chi connectivity index (χ2v) is 5.51. The van der Waals surface area contributed by atoms with E-state index in [1.54, 1.807) is 11.3 Å². The molecule has 2 aromatic heterocycles. The molecule has 0 aliphatic heterocycles. The maximum absolute atomic E-state index is 6.00. The van der Waals surface area contributed by atoms with Crippen molar-refractivity contribution in [2.24, 2.45) is 5.73 Å². The van der Waals surface area contributed by atoms with E-state index in [1.807, 2.05) is 19.1 Å². The largest absolute Gasteiger partial charge is 0.339 e. The molecular formula is C9H10BrN3OS. The molecule has 0 bridgehead atoms. The number of hydrogen-bond acceptors (Lipinski definition) is 5. The van der Waals surface area contributed by atoms with Gasteiger partial charge in [0.05, 0.1) is 3.79 Å². The summed E-state index contributed by atoms with van der Waals surface area (Å²) in [4.78, 5) is 5.22.